The lowest BCUT2D eigenvalue weighted by atomic mass is 10.1. The number of carbonyl (C=O) groups excluding carboxylic acids is 3. The van der Waals surface area contributed by atoms with E-state index >= 15 is 0 Å². The summed E-state index contributed by atoms with van der Waals surface area (Å²) in [6.07, 6.45) is 1.71. The Labute approximate surface area is 172 Å². The largest absolute Gasteiger partial charge is 0.493 e. The molecular weight excluding hydrogens is 390 g/mol. The van der Waals surface area contributed by atoms with Crippen LogP contribution >= 0.6 is 0 Å². The van der Waals surface area contributed by atoms with E-state index in [1.165, 1.54) is 26.2 Å². The third-order valence-corrected chi connectivity index (χ3v) is 4.01. The number of hydrogen-bond donors (Lipinski definition) is 0. The minimum Gasteiger partial charge on any atom is -0.493 e. The summed E-state index contributed by atoms with van der Waals surface area (Å²) in [4.78, 5) is 39.4. The first kappa shape index (κ1) is 20.8. The Bertz CT molecular complexity index is 1070. The van der Waals surface area contributed by atoms with E-state index < -0.39 is 11.9 Å². The number of benzene rings is 2. The lowest BCUT2D eigenvalue weighted by Gasteiger charge is -2.09. The molecule has 0 aromatic heterocycles. The number of para-hydroxylation sites is 1. The number of cyclic esters (lactones) is 1. The van der Waals surface area contributed by atoms with Crippen LogP contribution < -0.4 is 14.2 Å². The number of hydrogen-bond acceptors (Lipinski definition) is 8. The highest BCUT2D eigenvalue weighted by molar-refractivity contribution is 6.13. The molecule has 0 saturated heterocycles. The molecule has 0 fully saturated rings. The van der Waals surface area contributed by atoms with Gasteiger partial charge >= 0.3 is 17.9 Å². The first-order chi connectivity index (χ1) is 14.4. The number of methoxy groups -OCH3 is 1. The molecule has 2 aromatic carbocycles. The van der Waals surface area contributed by atoms with Gasteiger partial charge in [0.05, 0.1) is 7.11 Å². The van der Waals surface area contributed by atoms with E-state index in [1.807, 2.05) is 0 Å². The van der Waals surface area contributed by atoms with Gasteiger partial charge < -0.3 is 18.9 Å². The van der Waals surface area contributed by atoms with Gasteiger partial charge in [0.15, 0.2) is 17.2 Å². The maximum Gasteiger partial charge on any atom is 0.363 e. The second kappa shape index (κ2) is 9.04. The van der Waals surface area contributed by atoms with Crippen molar-refractivity contribution in [2.24, 2.45) is 4.99 Å². The zero-order valence-electron chi connectivity index (χ0n) is 16.6. The molecule has 1 aliphatic rings. The predicted molar refractivity (Wildman–Crippen MR) is 107 cm³/mol. The summed E-state index contributed by atoms with van der Waals surface area (Å²) in [6, 6.07) is 11.5. The summed E-state index contributed by atoms with van der Waals surface area (Å²) in [6.45, 7) is 2.97. The average molecular weight is 409 g/mol. The first-order valence-electron chi connectivity index (χ1n) is 9.10. The van der Waals surface area contributed by atoms with Crippen LogP contribution in [-0.2, 0) is 19.1 Å². The smallest absolute Gasteiger partial charge is 0.363 e. The van der Waals surface area contributed by atoms with Crippen LogP contribution in [0.4, 0.5) is 0 Å². The topological polar surface area (TPSA) is 100 Å². The highest BCUT2D eigenvalue weighted by Gasteiger charge is 2.25. The Hall–Kier alpha value is -3.94. The van der Waals surface area contributed by atoms with E-state index in [4.69, 9.17) is 18.9 Å². The average Bonchev–Trinajstić information content (AvgIpc) is 3.09. The fourth-order valence-electron chi connectivity index (χ4n) is 2.61. The van der Waals surface area contributed by atoms with Crippen LogP contribution in [0.25, 0.3) is 6.08 Å². The summed E-state index contributed by atoms with van der Waals surface area (Å²) in [7, 11) is 1.43. The Morgan fingerprint density at radius 2 is 1.83 bits per heavy atom. The van der Waals surface area contributed by atoms with Crippen LogP contribution in [-0.4, -0.2) is 30.9 Å². The van der Waals surface area contributed by atoms with Crippen LogP contribution in [0.1, 0.15) is 31.4 Å². The van der Waals surface area contributed by atoms with E-state index in [2.05, 4.69) is 4.99 Å². The molecule has 3 rings (SSSR count). The molecule has 0 saturated carbocycles. The van der Waals surface area contributed by atoms with Gasteiger partial charge in [-0.05, 0) is 30.3 Å². The van der Waals surface area contributed by atoms with Crippen molar-refractivity contribution >= 4 is 29.9 Å². The summed E-state index contributed by atoms with van der Waals surface area (Å²) < 4.78 is 20.8. The zero-order valence-corrected chi connectivity index (χ0v) is 16.6. The maximum atomic E-state index is 12.3. The summed E-state index contributed by atoms with van der Waals surface area (Å²) >= 11 is 0. The number of nitrogens with zero attached hydrogens (tertiary/aromatic N) is 1. The molecule has 2 aromatic rings. The SMILES string of the molecule is CCC(=O)Oc1ccccc1/C=C1\N=C(c2ccc(OC(C)=O)c(OC)c2)OC1=O. The molecule has 0 atom stereocenters. The van der Waals surface area contributed by atoms with Gasteiger partial charge in [-0.3, -0.25) is 9.59 Å². The Morgan fingerprint density at radius 1 is 1.07 bits per heavy atom. The van der Waals surface area contributed by atoms with Crippen molar-refractivity contribution in [1.29, 1.82) is 0 Å². The molecule has 0 bridgehead atoms. The van der Waals surface area contributed by atoms with Gasteiger partial charge in [-0.2, -0.15) is 0 Å². The number of carbonyl (C=O) groups is 3. The van der Waals surface area contributed by atoms with E-state index in [1.54, 1.807) is 43.3 Å². The molecule has 0 aliphatic carbocycles. The molecule has 0 radical (unpaired) electrons. The van der Waals surface area contributed by atoms with Crippen LogP contribution in [0.5, 0.6) is 17.2 Å². The van der Waals surface area contributed by atoms with Gasteiger partial charge in [-0.25, -0.2) is 9.79 Å². The number of esters is 3. The lowest BCUT2D eigenvalue weighted by Crippen LogP contribution is -2.07. The molecule has 0 N–H and O–H groups in total. The fraction of sp³-hybridized carbons (Fsp3) is 0.182. The molecule has 1 heterocycles. The van der Waals surface area contributed by atoms with Crippen molar-refractivity contribution in [3.8, 4) is 17.2 Å². The number of ether oxygens (including phenoxy) is 4. The van der Waals surface area contributed by atoms with Crippen LogP contribution in [0.15, 0.2) is 53.2 Å². The van der Waals surface area contributed by atoms with E-state index in [0.29, 0.717) is 16.9 Å². The molecule has 1 aliphatic heterocycles. The van der Waals surface area contributed by atoms with Gasteiger partial charge in [0, 0.05) is 24.5 Å². The summed E-state index contributed by atoms with van der Waals surface area (Å²) in [5.74, 6) is -0.610. The molecule has 0 unspecified atom stereocenters. The van der Waals surface area contributed by atoms with Gasteiger partial charge in [-0.1, -0.05) is 25.1 Å². The number of aliphatic imine (C=N–C) groups is 1. The van der Waals surface area contributed by atoms with Crippen molar-refractivity contribution in [2.45, 2.75) is 20.3 Å². The van der Waals surface area contributed by atoms with E-state index in [0.717, 1.165) is 0 Å². The van der Waals surface area contributed by atoms with Crippen molar-refractivity contribution < 1.29 is 33.3 Å². The van der Waals surface area contributed by atoms with Crippen LogP contribution in [0.2, 0.25) is 0 Å². The van der Waals surface area contributed by atoms with Crippen molar-refractivity contribution in [3.05, 3.63) is 59.3 Å². The Morgan fingerprint density at radius 3 is 2.53 bits per heavy atom. The summed E-state index contributed by atoms with van der Waals surface area (Å²) in [5, 5.41) is 0. The van der Waals surface area contributed by atoms with Gasteiger partial charge in [0.25, 0.3) is 0 Å². The Kier molecular flexibility index (Phi) is 6.26. The van der Waals surface area contributed by atoms with Crippen molar-refractivity contribution in [2.75, 3.05) is 7.11 Å². The zero-order chi connectivity index (χ0) is 21.7. The fourth-order valence-corrected chi connectivity index (χ4v) is 2.61. The van der Waals surface area contributed by atoms with Gasteiger partial charge in [0.2, 0.25) is 5.90 Å². The Balaban J connectivity index is 1.92. The van der Waals surface area contributed by atoms with E-state index in [-0.39, 0.29) is 35.5 Å². The second-order valence-electron chi connectivity index (χ2n) is 6.16. The molecule has 0 spiro atoms. The predicted octanol–water partition coefficient (Wildman–Crippen LogP) is 3.28. The lowest BCUT2D eigenvalue weighted by molar-refractivity contribution is -0.134. The molecule has 154 valence electrons. The minimum atomic E-state index is -0.648. The van der Waals surface area contributed by atoms with Crippen molar-refractivity contribution in [1.82, 2.24) is 0 Å². The quantitative estimate of drug-likeness (QED) is 0.410. The highest BCUT2D eigenvalue weighted by Crippen LogP contribution is 2.30. The van der Waals surface area contributed by atoms with Gasteiger partial charge in [0.1, 0.15) is 5.75 Å². The third kappa shape index (κ3) is 4.72. The molecular formula is C22H19NO7. The maximum absolute atomic E-state index is 12.3. The summed E-state index contributed by atoms with van der Waals surface area (Å²) in [5.41, 5.74) is 1.03. The van der Waals surface area contributed by atoms with E-state index in [9.17, 15) is 14.4 Å². The number of rotatable bonds is 6. The monoisotopic (exact) mass is 409 g/mol. The highest BCUT2D eigenvalue weighted by atomic mass is 16.6. The standard InChI is InChI=1S/C22H19NO7/c1-4-20(25)29-17-8-6-5-7-14(17)11-16-22(26)30-21(23-16)15-9-10-18(28-13(2)24)19(12-15)27-3/h5-12H,4H2,1-3H3/b16-11-. The molecule has 30 heavy (non-hydrogen) atoms. The molecule has 0 amide bonds. The van der Waals surface area contributed by atoms with Gasteiger partial charge in [-0.15, -0.1) is 0 Å². The first-order valence-corrected chi connectivity index (χ1v) is 9.10. The van der Waals surface area contributed by atoms with Crippen LogP contribution in [0, 0.1) is 0 Å². The minimum absolute atomic E-state index is 0.0491. The molecule has 8 heteroatoms. The third-order valence-electron chi connectivity index (χ3n) is 4.01. The van der Waals surface area contributed by atoms with Crippen LogP contribution in [0.3, 0.4) is 0 Å². The molecule has 8 nitrogen and oxygen atoms in total. The second-order valence-corrected chi connectivity index (χ2v) is 6.16. The normalized spacial score (nSPS) is 14.2. The van der Waals surface area contributed by atoms with Crippen molar-refractivity contribution in [3.63, 3.8) is 0 Å².